The number of hydrogen-bond donors (Lipinski definition) is 0. The second kappa shape index (κ2) is 8.77. The minimum absolute atomic E-state index is 0.0632. The number of rotatable bonds is 6. The molecular weight excluding hydrogens is 424 g/mol. The molecule has 3 nitrogen and oxygen atoms in total. The molecule has 2 atom stereocenters. The molecule has 0 aliphatic carbocycles. The van der Waals surface area contributed by atoms with Gasteiger partial charge in [0, 0.05) is 6.08 Å². The maximum atomic E-state index is 13.3. The molecule has 0 saturated heterocycles. The van der Waals surface area contributed by atoms with Crippen LogP contribution in [0.15, 0.2) is 103 Å². The smallest absolute Gasteiger partial charge is 0.262 e. The summed E-state index contributed by atoms with van der Waals surface area (Å²) in [5.74, 6) is 0.557. The normalized spacial score (nSPS) is 19.7. The molecule has 4 rings (SSSR count). The fourth-order valence-corrected chi connectivity index (χ4v) is 9.65. The molecule has 1 heterocycles. The van der Waals surface area contributed by atoms with E-state index in [-0.39, 0.29) is 10.8 Å². The summed E-state index contributed by atoms with van der Waals surface area (Å²) in [6.45, 7) is 10.4. The van der Waals surface area contributed by atoms with E-state index in [1.54, 1.807) is 6.08 Å². The summed E-state index contributed by atoms with van der Waals surface area (Å²) in [4.78, 5) is 13.3. The van der Waals surface area contributed by atoms with Crippen LogP contribution in [0.1, 0.15) is 46.3 Å². The number of carbonyl (C=O) groups is 1. The van der Waals surface area contributed by atoms with Gasteiger partial charge < -0.3 is 9.16 Å². The fourth-order valence-electron chi connectivity index (χ4n) is 4.92. The van der Waals surface area contributed by atoms with Crippen molar-refractivity contribution >= 4 is 24.5 Å². The van der Waals surface area contributed by atoms with E-state index in [1.807, 2.05) is 56.3 Å². The Kier molecular flexibility index (Phi) is 6.17. The first-order chi connectivity index (χ1) is 15.7. The van der Waals surface area contributed by atoms with Crippen LogP contribution in [0, 0.1) is 0 Å². The first-order valence-corrected chi connectivity index (χ1v) is 13.3. The molecule has 2 unspecified atom stereocenters. The molecule has 170 valence electrons. The van der Waals surface area contributed by atoms with Gasteiger partial charge in [-0.3, -0.25) is 4.79 Å². The predicted molar refractivity (Wildman–Crippen MR) is 136 cm³/mol. The number of ketones is 1. The minimum atomic E-state index is -2.92. The standard InChI is InChI=1S/C29H32O3Si/c1-22-21-26(30)29(5,31-22)27(23-15-9-6-10-16-23)32-33(28(2,3)4,24-17-11-7-12-18-24)25-19-13-8-14-20-25/h6-21,27H,1-5H3. The molecule has 0 N–H and O–H groups in total. The summed E-state index contributed by atoms with van der Waals surface area (Å²) in [5.41, 5.74) is -0.206. The van der Waals surface area contributed by atoms with Crippen molar-refractivity contribution in [2.75, 3.05) is 0 Å². The molecule has 0 saturated carbocycles. The third kappa shape index (κ3) is 4.09. The molecule has 3 aromatic carbocycles. The Morgan fingerprint density at radius 3 is 1.67 bits per heavy atom. The Morgan fingerprint density at radius 2 is 1.27 bits per heavy atom. The van der Waals surface area contributed by atoms with Gasteiger partial charge in [-0.2, -0.15) is 0 Å². The highest BCUT2D eigenvalue weighted by atomic mass is 28.4. The third-order valence-electron chi connectivity index (χ3n) is 6.51. The number of allylic oxidation sites excluding steroid dienone is 1. The van der Waals surface area contributed by atoms with E-state index in [0.29, 0.717) is 5.76 Å². The molecule has 1 aliphatic heterocycles. The van der Waals surface area contributed by atoms with Crippen LogP contribution in [-0.4, -0.2) is 19.7 Å². The minimum Gasteiger partial charge on any atom is -0.481 e. The van der Waals surface area contributed by atoms with Crippen molar-refractivity contribution in [2.24, 2.45) is 0 Å². The molecule has 0 aromatic heterocycles. The molecule has 0 spiro atoms. The van der Waals surface area contributed by atoms with Crippen LogP contribution in [0.5, 0.6) is 0 Å². The molecule has 0 radical (unpaired) electrons. The van der Waals surface area contributed by atoms with Crippen molar-refractivity contribution in [3.8, 4) is 0 Å². The lowest BCUT2D eigenvalue weighted by Gasteiger charge is -2.47. The van der Waals surface area contributed by atoms with Crippen molar-refractivity contribution in [1.82, 2.24) is 0 Å². The van der Waals surface area contributed by atoms with E-state index < -0.39 is 20.0 Å². The average Bonchev–Trinajstić information content (AvgIpc) is 3.07. The highest BCUT2D eigenvalue weighted by molar-refractivity contribution is 6.99. The summed E-state index contributed by atoms with van der Waals surface area (Å²) < 4.78 is 13.6. The quantitative estimate of drug-likeness (QED) is 0.455. The molecule has 33 heavy (non-hydrogen) atoms. The number of benzene rings is 3. The Hall–Kier alpha value is -2.95. The average molecular weight is 457 g/mol. The maximum Gasteiger partial charge on any atom is 0.262 e. The van der Waals surface area contributed by atoms with Gasteiger partial charge in [0.05, 0.1) is 5.76 Å². The monoisotopic (exact) mass is 456 g/mol. The molecule has 0 fully saturated rings. The van der Waals surface area contributed by atoms with Gasteiger partial charge in [0.1, 0.15) is 6.10 Å². The zero-order valence-corrected chi connectivity index (χ0v) is 21.0. The highest BCUT2D eigenvalue weighted by Gasteiger charge is 2.56. The van der Waals surface area contributed by atoms with Gasteiger partial charge in [0.25, 0.3) is 8.32 Å². The van der Waals surface area contributed by atoms with Crippen LogP contribution in [0.3, 0.4) is 0 Å². The lowest BCUT2D eigenvalue weighted by molar-refractivity contribution is -0.139. The number of carbonyl (C=O) groups excluding carboxylic acids is 1. The highest BCUT2D eigenvalue weighted by Crippen LogP contribution is 2.45. The lowest BCUT2D eigenvalue weighted by atomic mass is 9.90. The molecule has 3 aromatic rings. The second-order valence-corrected chi connectivity index (χ2v) is 14.2. The maximum absolute atomic E-state index is 13.3. The molecule has 0 bridgehead atoms. The van der Waals surface area contributed by atoms with Gasteiger partial charge in [0.2, 0.25) is 5.78 Å². The summed E-state index contributed by atoms with van der Waals surface area (Å²) in [6.07, 6.45) is 1.01. The van der Waals surface area contributed by atoms with E-state index in [2.05, 4.69) is 69.3 Å². The van der Waals surface area contributed by atoms with Crippen LogP contribution < -0.4 is 10.4 Å². The Labute approximate surface area is 198 Å². The van der Waals surface area contributed by atoms with E-state index in [9.17, 15) is 4.79 Å². The fraction of sp³-hybridized carbons (Fsp3) is 0.276. The van der Waals surface area contributed by atoms with Crippen molar-refractivity contribution in [2.45, 2.75) is 51.4 Å². The Balaban J connectivity index is 1.97. The first-order valence-electron chi connectivity index (χ1n) is 11.4. The van der Waals surface area contributed by atoms with Gasteiger partial charge >= 0.3 is 0 Å². The Morgan fingerprint density at radius 1 is 0.818 bits per heavy atom. The third-order valence-corrected chi connectivity index (χ3v) is 11.5. The van der Waals surface area contributed by atoms with E-state index >= 15 is 0 Å². The van der Waals surface area contributed by atoms with Crippen LogP contribution in [-0.2, 0) is 14.0 Å². The van der Waals surface area contributed by atoms with Crippen molar-refractivity contribution in [1.29, 1.82) is 0 Å². The molecule has 4 heteroatoms. The van der Waals surface area contributed by atoms with Crippen molar-refractivity contribution < 1.29 is 14.0 Å². The van der Waals surface area contributed by atoms with Crippen LogP contribution in [0.2, 0.25) is 5.04 Å². The largest absolute Gasteiger partial charge is 0.481 e. The van der Waals surface area contributed by atoms with Crippen molar-refractivity contribution in [3.05, 3.63) is 108 Å². The molecule has 0 amide bonds. The summed E-state index contributed by atoms with van der Waals surface area (Å²) in [5, 5.41) is 2.12. The zero-order valence-electron chi connectivity index (χ0n) is 20.0. The van der Waals surface area contributed by atoms with Gasteiger partial charge in [-0.05, 0) is 34.8 Å². The topological polar surface area (TPSA) is 35.5 Å². The van der Waals surface area contributed by atoms with Gasteiger partial charge in [-0.25, -0.2) is 0 Å². The van der Waals surface area contributed by atoms with E-state index in [4.69, 9.17) is 9.16 Å². The van der Waals surface area contributed by atoms with Crippen molar-refractivity contribution in [3.63, 3.8) is 0 Å². The van der Waals surface area contributed by atoms with Gasteiger partial charge in [-0.15, -0.1) is 0 Å². The second-order valence-electron chi connectivity index (χ2n) is 9.90. The van der Waals surface area contributed by atoms with E-state index in [1.165, 1.54) is 10.4 Å². The predicted octanol–water partition coefficient (Wildman–Crippen LogP) is 5.57. The molecular formula is C29H32O3Si. The lowest BCUT2D eigenvalue weighted by Crippen LogP contribution is -2.68. The van der Waals surface area contributed by atoms with Crippen LogP contribution in [0.4, 0.5) is 0 Å². The van der Waals surface area contributed by atoms with Gasteiger partial charge in [0.15, 0.2) is 5.60 Å². The summed E-state index contributed by atoms with van der Waals surface area (Å²) in [6, 6.07) is 31.0. The van der Waals surface area contributed by atoms with E-state index in [0.717, 1.165) is 5.56 Å². The number of hydrogen-bond acceptors (Lipinski definition) is 3. The first kappa shape index (κ1) is 23.2. The SMILES string of the molecule is CC1=CC(=O)C(C)(C(O[Si](c2ccccc2)(c2ccccc2)C(C)(C)C)c2ccccc2)O1. The zero-order chi connectivity index (χ0) is 23.7. The summed E-state index contributed by atoms with van der Waals surface area (Å²) in [7, 11) is -2.92. The van der Waals surface area contributed by atoms with Gasteiger partial charge in [-0.1, -0.05) is 112 Å². The summed E-state index contributed by atoms with van der Waals surface area (Å²) >= 11 is 0. The van der Waals surface area contributed by atoms with Crippen LogP contribution in [0.25, 0.3) is 0 Å². The van der Waals surface area contributed by atoms with Crippen LogP contribution >= 0.6 is 0 Å². The number of ether oxygens (including phenoxy) is 1. The Bertz CT molecular complexity index is 1090. The molecule has 1 aliphatic rings.